The molecule has 0 aromatic carbocycles. The number of carboxylic acid groups (broad SMARTS) is 1. The molecule has 0 bridgehead atoms. The van der Waals surface area contributed by atoms with E-state index < -0.39 is 17.9 Å². The summed E-state index contributed by atoms with van der Waals surface area (Å²) in [5.74, 6) is -3.10. The van der Waals surface area contributed by atoms with E-state index >= 15 is 0 Å². The number of unbranched alkanes of at least 4 members (excludes halogenated alkanes) is 1. The molecule has 0 rings (SSSR count). The van der Waals surface area contributed by atoms with E-state index in [2.05, 4.69) is 22.6 Å². The largest absolute Gasteiger partial charge is 0.478 e. The number of carbonyl (C=O) groups excluding carboxylic acids is 4. The molecule has 0 atom stereocenters. The summed E-state index contributed by atoms with van der Waals surface area (Å²) in [6.07, 6.45) is 4.24. The Hall–Kier alpha value is -3.23. The van der Waals surface area contributed by atoms with Crippen LogP contribution >= 0.6 is 0 Å². The predicted octanol–water partition coefficient (Wildman–Crippen LogP) is 2.54. The van der Waals surface area contributed by atoms with E-state index in [0.717, 1.165) is 12.8 Å². The predicted molar refractivity (Wildman–Crippen MR) is 108 cm³/mol. The molecule has 0 heterocycles. The minimum atomic E-state index is -1.08. The number of hydrogen-bond acceptors (Lipinski definition) is 8. The summed E-state index contributed by atoms with van der Waals surface area (Å²) >= 11 is 0. The average molecular weight is 426 g/mol. The maximum Gasteiger partial charge on any atom is 0.333 e. The number of ether oxygens (including phenoxy) is 3. The topological polar surface area (TPSA) is 133 Å². The number of hydrogen-bond donors (Lipinski definition) is 1. The highest BCUT2D eigenvalue weighted by molar-refractivity contribution is 5.94. The van der Waals surface area contributed by atoms with Crippen molar-refractivity contribution in [2.75, 3.05) is 19.8 Å². The third-order valence-electron chi connectivity index (χ3n) is 3.16. The van der Waals surface area contributed by atoms with Crippen LogP contribution in [0.15, 0.2) is 36.5 Å². The van der Waals surface area contributed by atoms with E-state index in [9.17, 15) is 24.0 Å². The second kappa shape index (κ2) is 17.8. The number of ketones is 1. The first-order valence-electron chi connectivity index (χ1n) is 9.24. The lowest BCUT2D eigenvalue weighted by molar-refractivity contribution is -0.151. The van der Waals surface area contributed by atoms with Crippen molar-refractivity contribution in [3.05, 3.63) is 36.5 Å². The van der Waals surface area contributed by atoms with E-state index in [-0.39, 0.29) is 49.0 Å². The first-order valence-corrected chi connectivity index (χ1v) is 9.24. The second-order valence-electron chi connectivity index (χ2n) is 5.96. The molecule has 0 aliphatic rings. The number of carbonyl (C=O) groups is 5. The van der Waals surface area contributed by atoms with Crippen LogP contribution in [0.5, 0.6) is 0 Å². The highest BCUT2D eigenvalue weighted by Gasteiger charge is 2.10. The fourth-order valence-corrected chi connectivity index (χ4v) is 1.47. The zero-order chi connectivity index (χ0) is 23.5. The van der Waals surface area contributed by atoms with Gasteiger partial charge in [0.1, 0.15) is 25.4 Å². The van der Waals surface area contributed by atoms with Gasteiger partial charge in [0.25, 0.3) is 0 Å². The standard InChI is InChI=1S/C14H18O7.C7H12O2/c1-9(13(17)18)4-5-10(2)14(19)21-7-6-20-12(16)8-11(3)15;1-3-5-6-9-7(8)4-2/h4H,2,5-8H2,1,3H3,(H,17,18);4H,2-3,5-6H2,1H3. The van der Waals surface area contributed by atoms with E-state index in [1.807, 2.05) is 6.92 Å². The van der Waals surface area contributed by atoms with Gasteiger partial charge in [-0.25, -0.2) is 14.4 Å². The summed E-state index contributed by atoms with van der Waals surface area (Å²) < 4.78 is 14.1. The molecule has 168 valence electrons. The second-order valence-corrected chi connectivity index (χ2v) is 5.96. The van der Waals surface area contributed by atoms with Gasteiger partial charge in [-0.1, -0.05) is 32.6 Å². The minimum absolute atomic E-state index is 0.0566. The van der Waals surface area contributed by atoms with Crippen LogP contribution in [-0.2, 0) is 38.2 Å². The molecule has 0 unspecified atom stereocenters. The fraction of sp³-hybridized carbons (Fsp3) is 0.476. The summed E-state index contributed by atoms with van der Waals surface area (Å²) in [6.45, 7) is 11.6. The Morgan fingerprint density at radius 1 is 0.967 bits per heavy atom. The van der Waals surface area contributed by atoms with Crippen molar-refractivity contribution in [3.8, 4) is 0 Å². The Bertz CT molecular complexity index is 659. The maximum atomic E-state index is 11.5. The van der Waals surface area contributed by atoms with Gasteiger partial charge >= 0.3 is 23.9 Å². The van der Waals surface area contributed by atoms with Gasteiger partial charge < -0.3 is 19.3 Å². The van der Waals surface area contributed by atoms with Crippen molar-refractivity contribution in [2.45, 2.75) is 46.5 Å². The Kier molecular flexibility index (Phi) is 17.2. The minimum Gasteiger partial charge on any atom is -0.478 e. The van der Waals surface area contributed by atoms with Crippen LogP contribution in [0.4, 0.5) is 0 Å². The van der Waals surface area contributed by atoms with Gasteiger partial charge in [0.15, 0.2) is 0 Å². The zero-order valence-electron chi connectivity index (χ0n) is 17.7. The van der Waals surface area contributed by atoms with Gasteiger partial charge in [-0.05, 0) is 26.7 Å². The van der Waals surface area contributed by atoms with E-state index in [1.54, 1.807) is 0 Å². The van der Waals surface area contributed by atoms with Gasteiger partial charge in [-0.15, -0.1) is 0 Å². The average Bonchev–Trinajstić information content (AvgIpc) is 2.68. The molecule has 0 spiro atoms. The van der Waals surface area contributed by atoms with Crippen LogP contribution in [0, 0.1) is 0 Å². The van der Waals surface area contributed by atoms with Crippen LogP contribution in [0.3, 0.4) is 0 Å². The highest BCUT2D eigenvalue weighted by atomic mass is 16.6. The first kappa shape index (κ1) is 29.0. The molecule has 1 N–H and O–H groups in total. The first-order chi connectivity index (χ1) is 14.0. The molecule has 0 saturated heterocycles. The summed E-state index contributed by atoms with van der Waals surface area (Å²) in [5, 5.41) is 8.63. The molecule has 9 nitrogen and oxygen atoms in total. The van der Waals surface area contributed by atoms with Crippen LogP contribution in [0.2, 0.25) is 0 Å². The monoisotopic (exact) mass is 426 g/mol. The number of carboxylic acids is 1. The quantitative estimate of drug-likeness (QED) is 0.155. The fourth-order valence-electron chi connectivity index (χ4n) is 1.47. The van der Waals surface area contributed by atoms with E-state index in [4.69, 9.17) is 9.84 Å². The lowest BCUT2D eigenvalue weighted by Crippen LogP contribution is -2.16. The number of rotatable bonds is 13. The SMILES string of the molecule is C=C(CC=C(C)C(=O)O)C(=O)OCCOC(=O)CC(C)=O.C=CC(=O)OCCCC. The maximum absolute atomic E-state index is 11.5. The smallest absolute Gasteiger partial charge is 0.333 e. The molecule has 0 aliphatic carbocycles. The van der Waals surface area contributed by atoms with Gasteiger partial charge in [0, 0.05) is 17.2 Å². The van der Waals surface area contributed by atoms with Crippen molar-refractivity contribution in [1.29, 1.82) is 0 Å². The summed E-state index contributed by atoms with van der Waals surface area (Å²) in [5.41, 5.74) is 0.188. The highest BCUT2D eigenvalue weighted by Crippen LogP contribution is 2.05. The number of Topliss-reactive ketones (excluding diaryl/α,β-unsaturated/α-hetero) is 1. The van der Waals surface area contributed by atoms with Crippen LogP contribution < -0.4 is 0 Å². The Balaban J connectivity index is 0. The molecule has 0 radical (unpaired) electrons. The molecule has 0 aliphatic heterocycles. The van der Waals surface area contributed by atoms with Crippen LogP contribution in [0.1, 0.15) is 46.5 Å². The van der Waals surface area contributed by atoms with Crippen molar-refractivity contribution >= 4 is 29.7 Å². The Morgan fingerprint density at radius 3 is 2.07 bits per heavy atom. The van der Waals surface area contributed by atoms with E-state index in [0.29, 0.717) is 6.61 Å². The van der Waals surface area contributed by atoms with E-state index in [1.165, 1.54) is 26.0 Å². The molecule has 0 amide bonds. The third-order valence-corrected chi connectivity index (χ3v) is 3.16. The van der Waals surface area contributed by atoms with Crippen molar-refractivity contribution in [2.24, 2.45) is 0 Å². The van der Waals surface area contributed by atoms with Crippen molar-refractivity contribution < 1.29 is 43.3 Å². The number of aliphatic carboxylic acids is 1. The lowest BCUT2D eigenvalue weighted by Gasteiger charge is -2.06. The van der Waals surface area contributed by atoms with Gasteiger partial charge in [0.05, 0.1) is 6.61 Å². The number of esters is 3. The normalized spacial score (nSPS) is 10.0. The molecule has 0 aromatic heterocycles. The molecular weight excluding hydrogens is 396 g/mol. The molecule has 0 saturated carbocycles. The van der Waals surface area contributed by atoms with Gasteiger partial charge in [0.2, 0.25) is 0 Å². The van der Waals surface area contributed by atoms with Gasteiger partial charge in [-0.3, -0.25) is 9.59 Å². The molecule has 9 heteroatoms. The Labute approximate surface area is 176 Å². The van der Waals surface area contributed by atoms with Crippen LogP contribution in [-0.4, -0.2) is 54.6 Å². The summed E-state index contributed by atoms with van der Waals surface area (Å²) in [4.78, 5) is 54.0. The third kappa shape index (κ3) is 18.1. The molecule has 30 heavy (non-hydrogen) atoms. The van der Waals surface area contributed by atoms with Crippen molar-refractivity contribution in [1.82, 2.24) is 0 Å². The Morgan fingerprint density at radius 2 is 1.57 bits per heavy atom. The summed E-state index contributed by atoms with van der Waals surface area (Å²) in [7, 11) is 0. The molecular formula is C21H30O9. The lowest BCUT2D eigenvalue weighted by atomic mass is 10.1. The molecule has 0 aromatic rings. The summed E-state index contributed by atoms with van der Waals surface area (Å²) in [6, 6.07) is 0. The van der Waals surface area contributed by atoms with Gasteiger partial charge in [-0.2, -0.15) is 0 Å². The number of allylic oxidation sites excluding steroid dienone is 1. The van der Waals surface area contributed by atoms with Crippen LogP contribution in [0.25, 0.3) is 0 Å². The zero-order valence-corrected chi connectivity index (χ0v) is 17.7. The van der Waals surface area contributed by atoms with Crippen molar-refractivity contribution in [3.63, 3.8) is 0 Å². The molecule has 0 fully saturated rings.